The highest BCUT2D eigenvalue weighted by molar-refractivity contribution is 5.81. The third-order valence-corrected chi connectivity index (χ3v) is 5.12. The lowest BCUT2D eigenvalue weighted by Gasteiger charge is -2.17. The number of aryl methyl sites for hydroxylation is 1. The average Bonchev–Trinajstić information content (AvgIpc) is 3.14. The standard InChI is InChI=1S/C19H28F3N5O6/c1-11-9-27(18(32)26-15(11)29)14-8-12(13(10-28)33-14)25-17(31)24-7-5-3-2-4-6-23-16(30)19(20,21)22/h9,12-14,28H,2-8,10H2,1H3,(H,23,30)(H2,24,25,31)(H,26,29,32)/t12-,13+,14+/m0/s1. The molecule has 1 fully saturated rings. The molecule has 0 radical (unpaired) electrons. The Morgan fingerprint density at radius 2 is 1.82 bits per heavy atom. The van der Waals surface area contributed by atoms with Crippen molar-refractivity contribution in [2.45, 2.75) is 63.6 Å². The number of nitrogens with zero attached hydrogens (tertiary/aromatic N) is 1. The lowest BCUT2D eigenvalue weighted by atomic mass is 10.1. The number of unbranched alkanes of at least 4 members (excludes halogenated alkanes) is 3. The molecule has 1 aromatic rings. The predicted molar refractivity (Wildman–Crippen MR) is 110 cm³/mol. The second-order valence-corrected chi connectivity index (χ2v) is 7.70. The van der Waals surface area contributed by atoms with Crippen molar-refractivity contribution in [2.75, 3.05) is 19.7 Å². The van der Waals surface area contributed by atoms with Crippen LogP contribution in [0.25, 0.3) is 0 Å². The summed E-state index contributed by atoms with van der Waals surface area (Å²) in [6.45, 7) is 1.40. The fraction of sp³-hybridized carbons (Fsp3) is 0.684. The van der Waals surface area contributed by atoms with Gasteiger partial charge in [-0.25, -0.2) is 9.59 Å². The minimum absolute atomic E-state index is 0.0738. The number of hydrogen-bond donors (Lipinski definition) is 5. The van der Waals surface area contributed by atoms with Crippen molar-refractivity contribution in [3.63, 3.8) is 0 Å². The van der Waals surface area contributed by atoms with E-state index >= 15 is 0 Å². The summed E-state index contributed by atoms with van der Waals surface area (Å²) in [6.07, 6.45) is -2.64. The Morgan fingerprint density at radius 3 is 2.42 bits per heavy atom. The molecule has 2 rings (SSSR count). The number of amides is 3. The molecule has 0 spiro atoms. The van der Waals surface area contributed by atoms with Crippen LogP contribution >= 0.6 is 0 Å². The Balaban J connectivity index is 1.69. The molecule has 5 N–H and O–H groups in total. The van der Waals surface area contributed by atoms with Gasteiger partial charge in [0.1, 0.15) is 12.3 Å². The fourth-order valence-corrected chi connectivity index (χ4v) is 3.35. The van der Waals surface area contributed by atoms with Crippen molar-refractivity contribution in [1.82, 2.24) is 25.5 Å². The largest absolute Gasteiger partial charge is 0.471 e. The van der Waals surface area contributed by atoms with Crippen molar-refractivity contribution >= 4 is 11.9 Å². The van der Waals surface area contributed by atoms with Crippen LogP contribution in [0.1, 0.15) is 43.9 Å². The number of rotatable bonds is 10. The molecule has 0 saturated carbocycles. The van der Waals surface area contributed by atoms with Crippen LogP contribution in [-0.2, 0) is 9.53 Å². The maximum absolute atomic E-state index is 12.1. The van der Waals surface area contributed by atoms with Crippen molar-refractivity contribution in [3.8, 4) is 0 Å². The van der Waals surface area contributed by atoms with Crippen LogP contribution in [0.5, 0.6) is 0 Å². The van der Waals surface area contributed by atoms with E-state index in [4.69, 9.17) is 4.74 Å². The molecule has 1 aliphatic heterocycles. The number of hydrogen-bond acceptors (Lipinski definition) is 6. The van der Waals surface area contributed by atoms with Crippen LogP contribution in [0.2, 0.25) is 0 Å². The summed E-state index contributed by atoms with van der Waals surface area (Å²) in [6, 6.07) is -1.07. The van der Waals surface area contributed by atoms with Gasteiger partial charge in [0.2, 0.25) is 0 Å². The van der Waals surface area contributed by atoms with Gasteiger partial charge in [-0.05, 0) is 19.8 Å². The Labute approximate surface area is 186 Å². The zero-order valence-electron chi connectivity index (χ0n) is 18.0. The zero-order valence-corrected chi connectivity index (χ0v) is 18.0. The molecule has 0 unspecified atom stereocenters. The van der Waals surface area contributed by atoms with Crippen LogP contribution in [-0.4, -0.2) is 64.6 Å². The lowest BCUT2D eigenvalue weighted by Crippen LogP contribution is -2.46. The molecule has 33 heavy (non-hydrogen) atoms. The molecule has 0 aromatic carbocycles. The second-order valence-electron chi connectivity index (χ2n) is 7.70. The second kappa shape index (κ2) is 11.8. The maximum Gasteiger partial charge on any atom is 0.471 e. The Hall–Kier alpha value is -2.87. The van der Waals surface area contributed by atoms with Gasteiger partial charge in [0, 0.05) is 31.3 Å². The topological polar surface area (TPSA) is 155 Å². The summed E-state index contributed by atoms with van der Waals surface area (Å²) in [5, 5.41) is 16.7. The number of carbonyl (C=O) groups excluding carboxylic acids is 2. The molecular weight excluding hydrogens is 451 g/mol. The number of halogens is 3. The molecule has 1 aromatic heterocycles. The van der Waals surface area contributed by atoms with Crippen molar-refractivity contribution in [2.24, 2.45) is 0 Å². The van der Waals surface area contributed by atoms with Gasteiger partial charge in [0.15, 0.2) is 0 Å². The zero-order chi connectivity index (χ0) is 24.6. The number of carbonyl (C=O) groups is 2. The van der Waals surface area contributed by atoms with Crippen LogP contribution in [0.3, 0.4) is 0 Å². The van der Waals surface area contributed by atoms with Crippen LogP contribution in [0.15, 0.2) is 15.8 Å². The molecule has 3 amide bonds. The Bertz CT molecular complexity index is 932. The van der Waals surface area contributed by atoms with Crippen LogP contribution in [0.4, 0.5) is 18.0 Å². The molecule has 0 bridgehead atoms. The Morgan fingerprint density at radius 1 is 1.18 bits per heavy atom. The van der Waals surface area contributed by atoms with Crippen molar-refractivity contribution in [1.29, 1.82) is 0 Å². The van der Waals surface area contributed by atoms with Crippen molar-refractivity contribution < 1.29 is 32.6 Å². The van der Waals surface area contributed by atoms with E-state index in [1.54, 1.807) is 5.32 Å². The van der Waals surface area contributed by atoms with E-state index in [2.05, 4.69) is 15.6 Å². The van der Waals surface area contributed by atoms with E-state index in [0.29, 0.717) is 37.8 Å². The quantitative estimate of drug-likeness (QED) is 0.298. The molecule has 1 saturated heterocycles. The molecule has 14 heteroatoms. The highest BCUT2D eigenvalue weighted by Gasteiger charge is 2.38. The number of aromatic amines is 1. The van der Waals surface area contributed by atoms with Gasteiger partial charge in [-0.3, -0.25) is 19.1 Å². The normalized spacial score (nSPS) is 20.5. The van der Waals surface area contributed by atoms with Gasteiger partial charge in [-0.2, -0.15) is 13.2 Å². The van der Waals surface area contributed by atoms with Gasteiger partial charge in [-0.15, -0.1) is 0 Å². The monoisotopic (exact) mass is 479 g/mol. The predicted octanol–water partition coefficient (Wildman–Crippen LogP) is 0.0315. The highest BCUT2D eigenvalue weighted by atomic mass is 19.4. The first-order valence-electron chi connectivity index (χ1n) is 10.5. The summed E-state index contributed by atoms with van der Waals surface area (Å²) >= 11 is 0. The van der Waals surface area contributed by atoms with Crippen LogP contribution in [0, 0.1) is 6.92 Å². The number of ether oxygens (including phenoxy) is 1. The summed E-state index contributed by atoms with van der Waals surface area (Å²) < 4.78 is 43.0. The van der Waals surface area contributed by atoms with Gasteiger partial charge < -0.3 is 25.8 Å². The number of aliphatic hydroxyl groups is 1. The molecule has 186 valence electrons. The first kappa shape index (κ1) is 26.4. The summed E-state index contributed by atoms with van der Waals surface area (Å²) in [7, 11) is 0. The maximum atomic E-state index is 12.1. The highest BCUT2D eigenvalue weighted by Crippen LogP contribution is 2.27. The number of aromatic nitrogens is 2. The van der Waals surface area contributed by atoms with Crippen LogP contribution < -0.4 is 27.2 Å². The number of H-pyrrole nitrogens is 1. The number of nitrogens with one attached hydrogen (secondary N) is 4. The van der Waals surface area contributed by atoms with Gasteiger partial charge in [0.25, 0.3) is 5.56 Å². The van der Waals surface area contributed by atoms with E-state index in [-0.39, 0.29) is 19.6 Å². The molecular formula is C19H28F3N5O6. The molecule has 3 atom stereocenters. The van der Waals surface area contributed by atoms with Crippen molar-refractivity contribution in [3.05, 3.63) is 32.6 Å². The lowest BCUT2D eigenvalue weighted by molar-refractivity contribution is -0.173. The van der Waals surface area contributed by atoms with E-state index in [9.17, 15) is 37.5 Å². The molecule has 2 heterocycles. The molecule has 0 aliphatic carbocycles. The Kier molecular flexibility index (Phi) is 9.46. The van der Waals surface area contributed by atoms with Gasteiger partial charge in [0.05, 0.1) is 12.6 Å². The smallest absolute Gasteiger partial charge is 0.394 e. The third kappa shape index (κ3) is 7.89. The number of alkyl halides is 3. The fourth-order valence-electron chi connectivity index (χ4n) is 3.35. The van der Waals surface area contributed by atoms with E-state index < -0.39 is 47.7 Å². The summed E-state index contributed by atoms with van der Waals surface area (Å²) in [5.74, 6) is -1.96. The van der Waals surface area contributed by atoms with Gasteiger partial charge >= 0.3 is 23.8 Å². The summed E-state index contributed by atoms with van der Waals surface area (Å²) in [4.78, 5) is 48.6. The number of aliphatic hydroxyl groups excluding tert-OH is 1. The first-order valence-corrected chi connectivity index (χ1v) is 10.5. The van der Waals surface area contributed by atoms with E-state index in [1.807, 2.05) is 0 Å². The average molecular weight is 479 g/mol. The third-order valence-electron chi connectivity index (χ3n) is 5.12. The number of urea groups is 1. The minimum Gasteiger partial charge on any atom is -0.394 e. The molecule has 1 aliphatic rings. The first-order chi connectivity index (χ1) is 15.5. The molecule has 11 nitrogen and oxygen atoms in total. The minimum atomic E-state index is -4.88. The van der Waals surface area contributed by atoms with Gasteiger partial charge in [-0.1, -0.05) is 12.8 Å². The summed E-state index contributed by atoms with van der Waals surface area (Å²) in [5.41, 5.74) is -0.848. The SMILES string of the molecule is Cc1cn([C@H]2C[C@H](NC(=O)NCCCCCCNC(=O)C(F)(F)F)[C@@H](CO)O2)c(=O)[nH]c1=O. The van der Waals surface area contributed by atoms with E-state index in [1.165, 1.54) is 17.7 Å². The van der Waals surface area contributed by atoms with E-state index in [0.717, 1.165) is 0 Å².